The number of amides is 3. The number of carbonyl (C=O) groups excluding carboxylic acids is 2. The van der Waals surface area contributed by atoms with E-state index in [1.54, 1.807) is 19.0 Å². The van der Waals surface area contributed by atoms with E-state index < -0.39 is 0 Å². The molecule has 0 aromatic rings. The van der Waals surface area contributed by atoms with Gasteiger partial charge in [-0.1, -0.05) is 0 Å². The van der Waals surface area contributed by atoms with E-state index >= 15 is 0 Å². The van der Waals surface area contributed by atoms with E-state index in [9.17, 15) is 9.59 Å². The average Bonchev–Trinajstić information content (AvgIpc) is 2.59. The van der Waals surface area contributed by atoms with Gasteiger partial charge >= 0.3 is 6.03 Å². The van der Waals surface area contributed by atoms with Gasteiger partial charge in [-0.25, -0.2) is 4.79 Å². The highest BCUT2D eigenvalue weighted by molar-refractivity contribution is 5.80. The monoisotopic (exact) mass is 324 g/mol. The third-order valence-corrected chi connectivity index (χ3v) is 5.23. The van der Waals surface area contributed by atoms with Gasteiger partial charge in [0.15, 0.2) is 0 Å². The number of nitrogens with one attached hydrogen (secondary N) is 1. The maximum absolute atomic E-state index is 12.7. The summed E-state index contributed by atoms with van der Waals surface area (Å²) in [5.74, 6) is 1.18. The van der Waals surface area contributed by atoms with Crippen LogP contribution in [0.1, 0.15) is 32.1 Å². The van der Waals surface area contributed by atoms with Crippen molar-refractivity contribution < 1.29 is 9.59 Å². The lowest BCUT2D eigenvalue weighted by atomic mass is 9.90. The highest BCUT2D eigenvalue weighted by Gasteiger charge is 2.32. The number of piperidine rings is 2. The molecule has 0 unspecified atom stereocenters. The Hall–Kier alpha value is -1.30. The Labute approximate surface area is 140 Å². The summed E-state index contributed by atoms with van der Waals surface area (Å²) in [6.07, 6.45) is 5.08. The number of carbonyl (C=O) groups is 2. The molecular formula is C17H32N4O2. The molecule has 2 fully saturated rings. The molecule has 2 saturated heterocycles. The maximum Gasteiger partial charge on any atom is 0.319 e. The molecule has 0 spiro atoms. The van der Waals surface area contributed by atoms with Crippen LogP contribution < -0.4 is 5.32 Å². The van der Waals surface area contributed by atoms with E-state index in [-0.39, 0.29) is 11.9 Å². The van der Waals surface area contributed by atoms with Crippen LogP contribution in [-0.4, -0.2) is 80.5 Å². The molecule has 0 aromatic heterocycles. The van der Waals surface area contributed by atoms with Crippen LogP contribution in [0.3, 0.4) is 0 Å². The standard InChI is InChI=1S/C17H32N4O2/c1-18-9-4-14-5-10-20(11-6-14)16(22)15-7-12-21(13-8-15)17(23)19(2)3/h14-15,18H,4-13H2,1-3H3. The van der Waals surface area contributed by atoms with Crippen LogP contribution >= 0.6 is 0 Å². The van der Waals surface area contributed by atoms with E-state index in [1.807, 2.05) is 11.9 Å². The zero-order valence-corrected chi connectivity index (χ0v) is 14.9. The molecular weight excluding hydrogens is 292 g/mol. The van der Waals surface area contributed by atoms with Gasteiger partial charge in [0.25, 0.3) is 0 Å². The summed E-state index contributed by atoms with van der Waals surface area (Å²) in [6, 6.07) is 0.0567. The number of urea groups is 1. The highest BCUT2D eigenvalue weighted by Crippen LogP contribution is 2.25. The van der Waals surface area contributed by atoms with Gasteiger partial charge in [-0.2, -0.15) is 0 Å². The number of hydrogen-bond acceptors (Lipinski definition) is 3. The first-order chi connectivity index (χ1) is 11.0. The molecule has 1 N–H and O–H groups in total. The molecule has 3 amide bonds. The van der Waals surface area contributed by atoms with Gasteiger partial charge in [-0.05, 0) is 51.6 Å². The highest BCUT2D eigenvalue weighted by atomic mass is 16.2. The minimum atomic E-state index is 0.0567. The van der Waals surface area contributed by atoms with Gasteiger partial charge in [0.05, 0.1) is 0 Å². The minimum absolute atomic E-state index is 0.0567. The Balaban J connectivity index is 1.74. The van der Waals surface area contributed by atoms with Crippen molar-refractivity contribution in [1.29, 1.82) is 0 Å². The third kappa shape index (κ3) is 4.83. The fraction of sp³-hybridized carbons (Fsp3) is 0.882. The Kier molecular flexibility index (Phi) is 6.69. The van der Waals surface area contributed by atoms with E-state index in [2.05, 4.69) is 10.2 Å². The lowest BCUT2D eigenvalue weighted by molar-refractivity contribution is -0.138. The summed E-state index contributed by atoms with van der Waals surface area (Å²) in [7, 11) is 5.54. The number of nitrogens with zero attached hydrogens (tertiary/aromatic N) is 3. The molecule has 0 aliphatic carbocycles. The van der Waals surface area contributed by atoms with Crippen LogP contribution in [0.5, 0.6) is 0 Å². The van der Waals surface area contributed by atoms with E-state index in [0.717, 1.165) is 51.2 Å². The van der Waals surface area contributed by atoms with Crippen molar-refractivity contribution in [2.24, 2.45) is 11.8 Å². The Morgan fingerprint density at radius 1 is 1.00 bits per heavy atom. The van der Waals surface area contributed by atoms with Crippen molar-refractivity contribution in [1.82, 2.24) is 20.0 Å². The van der Waals surface area contributed by atoms with Gasteiger partial charge in [0.1, 0.15) is 0 Å². The molecule has 2 heterocycles. The van der Waals surface area contributed by atoms with Crippen LogP contribution in [0.2, 0.25) is 0 Å². The SMILES string of the molecule is CNCCC1CCN(C(=O)C2CCN(C(=O)N(C)C)CC2)CC1. The van der Waals surface area contributed by atoms with Crippen molar-refractivity contribution in [3.8, 4) is 0 Å². The smallest absolute Gasteiger partial charge is 0.319 e. The Morgan fingerprint density at radius 2 is 1.57 bits per heavy atom. The van der Waals surface area contributed by atoms with Crippen LogP contribution in [0, 0.1) is 11.8 Å². The molecule has 2 aliphatic rings. The second-order valence-electron chi connectivity index (χ2n) is 7.10. The van der Waals surface area contributed by atoms with Crippen LogP contribution in [0.4, 0.5) is 4.79 Å². The van der Waals surface area contributed by atoms with Gasteiger partial charge in [0, 0.05) is 46.2 Å². The summed E-state index contributed by atoms with van der Waals surface area (Å²) in [5, 5.41) is 3.21. The molecule has 0 radical (unpaired) electrons. The van der Waals surface area contributed by atoms with Gasteiger partial charge in [0.2, 0.25) is 5.91 Å². The second-order valence-corrected chi connectivity index (χ2v) is 7.10. The van der Waals surface area contributed by atoms with Crippen LogP contribution in [0.15, 0.2) is 0 Å². The van der Waals surface area contributed by atoms with Crippen molar-refractivity contribution in [2.45, 2.75) is 32.1 Å². The van der Waals surface area contributed by atoms with Gasteiger partial charge < -0.3 is 20.0 Å². The Bertz CT molecular complexity index is 397. The van der Waals surface area contributed by atoms with Crippen LogP contribution in [0.25, 0.3) is 0 Å². The van der Waals surface area contributed by atoms with Gasteiger partial charge in [-0.15, -0.1) is 0 Å². The molecule has 0 bridgehead atoms. The molecule has 2 rings (SSSR count). The zero-order chi connectivity index (χ0) is 16.8. The minimum Gasteiger partial charge on any atom is -0.342 e. The molecule has 0 saturated carbocycles. The van der Waals surface area contributed by atoms with E-state index in [1.165, 1.54) is 6.42 Å². The summed E-state index contributed by atoms with van der Waals surface area (Å²) in [6.45, 7) is 4.28. The zero-order valence-electron chi connectivity index (χ0n) is 14.9. The number of rotatable bonds is 4. The molecule has 0 atom stereocenters. The van der Waals surface area contributed by atoms with Crippen molar-refractivity contribution in [3.05, 3.63) is 0 Å². The first-order valence-corrected chi connectivity index (χ1v) is 8.92. The lowest BCUT2D eigenvalue weighted by Crippen LogP contribution is -2.48. The number of hydrogen-bond donors (Lipinski definition) is 1. The lowest BCUT2D eigenvalue weighted by Gasteiger charge is -2.37. The largest absolute Gasteiger partial charge is 0.342 e. The van der Waals surface area contributed by atoms with Crippen LogP contribution in [-0.2, 0) is 4.79 Å². The third-order valence-electron chi connectivity index (χ3n) is 5.23. The molecule has 132 valence electrons. The number of likely N-dealkylation sites (tertiary alicyclic amines) is 2. The summed E-state index contributed by atoms with van der Waals surface area (Å²) >= 11 is 0. The van der Waals surface area contributed by atoms with Crippen molar-refractivity contribution in [2.75, 3.05) is 53.9 Å². The van der Waals surface area contributed by atoms with Gasteiger partial charge in [-0.3, -0.25) is 4.79 Å². The second kappa shape index (κ2) is 8.52. The molecule has 2 aliphatic heterocycles. The summed E-state index contributed by atoms with van der Waals surface area (Å²) < 4.78 is 0. The van der Waals surface area contributed by atoms with Crippen molar-refractivity contribution >= 4 is 11.9 Å². The molecule has 0 aromatic carbocycles. The summed E-state index contributed by atoms with van der Waals surface area (Å²) in [5.41, 5.74) is 0. The predicted octanol–water partition coefficient (Wildman–Crippen LogP) is 1.23. The molecule has 6 heteroatoms. The first-order valence-electron chi connectivity index (χ1n) is 8.92. The topological polar surface area (TPSA) is 55.9 Å². The van der Waals surface area contributed by atoms with E-state index in [4.69, 9.17) is 0 Å². The molecule has 6 nitrogen and oxygen atoms in total. The predicted molar refractivity (Wildman–Crippen MR) is 91.2 cm³/mol. The fourth-order valence-electron chi connectivity index (χ4n) is 3.65. The normalized spacial score (nSPS) is 20.7. The quantitative estimate of drug-likeness (QED) is 0.846. The molecule has 23 heavy (non-hydrogen) atoms. The maximum atomic E-state index is 12.7. The first kappa shape index (κ1) is 18.0. The van der Waals surface area contributed by atoms with E-state index in [0.29, 0.717) is 19.0 Å². The van der Waals surface area contributed by atoms with Crippen molar-refractivity contribution in [3.63, 3.8) is 0 Å². The Morgan fingerprint density at radius 3 is 2.09 bits per heavy atom. The average molecular weight is 324 g/mol. The summed E-state index contributed by atoms with van der Waals surface area (Å²) in [4.78, 5) is 30.2. The fourth-order valence-corrected chi connectivity index (χ4v) is 3.65.